The van der Waals surface area contributed by atoms with Gasteiger partial charge in [-0.2, -0.15) is 0 Å². The number of allylic oxidation sites excluding steroid dienone is 1. The second kappa shape index (κ2) is 8.70. The Bertz CT molecular complexity index is 69.1. The molecule has 0 saturated carbocycles. The van der Waals surface area contributed by atoms with Gasteiger partial charge in [0.2, 0.25) is 0 Å². The average Bonchev–Trinajstić information content (AvgIpc) is 1.85. The van der Waals surface area contributed by atoms with E-state index in [2.05, 4.69) is 20.4 Å². The molecule has 0 spiro atoms. The molecule has 0 saturated heterocycles. The van der Waals surface area contributed by atoms with Crippen molar-refractivity contribution in [2.24, 2.45) is 5.92 Å². The molecule has 0 amide bonds. The monoisotopic (exact) mass is 143 g/mol. The lowest BCUT2D eigenvalue weighted by Crippen LogP contribution is -1.91. The van der Waals surface area contributed by atoms with Crippen LogP contribution in [0.2, 0.25) is 0 Å². The van der Waals surface area contributed by atoms with Crippen LogP contribution in [0.4, 0.5) is 0 Å². The Morgan fingerprint density at radius 1 is 1.40 bits per heavy atom. The predicted octanol–water partition coefficient (Wildman–Crippen LogP) is 3.55. The van der Waals surface area contributed by atoms with Crippen LogP contribution in [0.25, 0.3) is 0 Å². The van der Waals surface area contributed by atoms with Gasteiger partial charge in [0.25, 0.3) is 0 Å². The second-order valence-electron chi connectivity index (χ2n) is 2.76. The Labute approximate surface area is 65.1 Å². The Kier molecular flexibility index (Phi) is 10.8. The van der Waals surface area contributed by atoms with Crippen molar-refractivity contribution in [2.45, 2.75) is 39.5 Å². The smallest absolute Gasteiger partial charge is 0.0351 e. The van der Waals surface area contributed by atoms with Crippen molar-refractivity contribution in [2.75, 3.05) is 0 Å². The molecule has 0 fully saturated rings. The van der Waals surface area contributed by atoms with Crippen LogP contribution in [0.3, 0.4) is 0 Å². The van der Waals surface area contributed by atoms with Crippen molar-refractivity contribution in [3.8, 4) is 0 Å². The van der Waals surface area contributed by atoms with Crippen molar-refractivity contribution < 1.29 is 0 Å². The molecule has 0 aliphatic rings. The summed E-state index contributed by atoms with van der Waals surface area (Å²) < 4.78 is 0. The highest BCUT2D eigenvalue weighted by Gasteiger charge is 1.96. The summed E-state index contributed by atoms with van der Waals surface area (Å²) in [4.78, 5) is 0. The van der Waals surface area contributed by atoms with E-state index in [-0.39, 0.29) is 6.15 Å². The first kappa shape index (κ1) is 12.4. The van der Waals surface area contributed by atoms with Gasteiger partial charge >= 0.3 is 0 Å². The fourth-order valence-corrected chi connectivity index (χ4v) is 1.04. The summed E-state index contributed by atoms with van der Waals surface area (Å²) in [5, 5.41) is 0. The van der Waals surface area contributed by atoms with Gasteiger partial charge in [-0.1, -0.05) is 32.8 Å². The predicted molar refractivity (Wildman–Crippen MR) is 48.5 cm³/mol. The van der Waals surface area contributed by atoms with Gasteiger partial charge in [-0.15, -0.1) is 6.58 Å². The lowest BCUT2D eigenvalue weighted by atomic mass is 10.0. The van der Waals surface area contributed by atoms with Crippen LogP contribution in [-0.4, -0.2) is 0 Å². The Balaban J connectivity index is 0. The van der Waals surface area contributed by atoms with Crippen LogP contribution in [0.15, 0.2) is 12.7 Å². The topological polar surface area (TPSA) is 35.0 Å². The van der Waals surface area contributed by atoms with E-state index >= 15 is 0 Å². The minimum Gasteiger partial charge on any atom is -0.344 e. The molecule has 10 heavy (non-hydrogen) atoms. The molecule has 0 aliphatic carbocycles. The van der Waals surface area contributed by atoms with E-state index in [0.29, 0.717) is 0 Å². The largest absolute Gasteiger partial charge is 0.344 e. The quantitative estimate of drug-likeness (QED) is 0.587. The summed E-state index contributed by atoms with van der Waals surface area (Å²) in [7, 11) is 0. The molecule has 1 unspecified atom stereocenters. The van der Waals surface area contributed by atoms with E-state index in [9.17, 15) is 0 Å². The van der Waals surface area contributed by atoms with Gasteiger partial charge in [0, 0.05) is 0 Å². The zero-order valence-electron chi connectivity index (χ0n) is 7.40. The molecule has 0 rings (SSSR count). The molecular formula is C9H21N. The normalized spacial score (nSPS) is 11.8. The Hall–Kier alpha value is -0.300. The van der Waals surface area contributed by atoms with Gasteiger partial charge in [-0.05, 0) is 18.8 Å². The van der Waals surface area contributed by atoms with Crippen molar-refractivity contribution in [3.05, 3.63) is 12.7 Å². The SMILES string of the molecule is C=CCCC(C)CCC.N. The lowest BCUT2D eigenvalue weighted by molar-refractivity contribution is 0.491. The molecular weight excluding hydrogens is 122 g/mol. The Morgan fingerprint density at radius 2 is 2.00 bits per heavy atom. The number of rotatable bonds is 5. The first-order valence-electron chi connectivity index (χ1n) is 3.92. The maximum Gasteiger partial charge on any atom is -0.0351 e. The van der Waals surface area contributed by atoms with E-state index in [1.165, 1.54) is 25.7 Å². The number of hydrogen-bond acceptors (Lipinski definition) is 1. The minimum atomic E-state index is 0. The van der Waals surface area contributed by atoms with Crippen molar-refractivity contribution in [3.63, 3.8) is 0 Å². The third kappa shape index (κ3) is 7.70. The van der Waals surface area contributed by atoms with Crippen LogP contribution in [0.1, 0.15) is 39.5 Å². The van der Waals surface area contributed by atoms with Crippen LogP contribution in [0, 0.1) is 5.92 Å². The molecule has 62 valence electrons. The van der Waals surface area contributed by atoms with Gasteiger partial charge in [-0.25, -0.2) is 0 Å². The van der Waals surface area contributed by atoms with Gasteiger partial charge in [0.05, 0.1) is 0 Å². The third-order valence-electron chi connectivity index (χ3n) is 1.65. The van der Waals surface area contributed by atoms with Gasteiger partial charge in [0.1, 0.15) is 0 Å². The molecule has 0 aromatic carbocycles. The van der Waals surface area contributed by atoms with E-state index in [1.54, 1.807) is 0 Å². The standard InChI is InChI=1S/C9H18.H3N/c1-4-6-8-9(3)7-5-2;/h4,9H,1,5-8H2,2-3H3;1H3. The average molecular weight is 143 g/mol. The summed E-state index contributed by atoms with van der Waals surface area (Å²) >= 11 is 0. The van der Waals surface area contributed by atoms with E-state index < -0.39 is 0 Å². The highest BCUT2D eigenvalue weighted by molar-refractivity contribution is 4.67. The molecule has 0 aromatic heterocycles. The zero-order valence-corrected chi connectivity index (χ0v) is 7.40. The molecule has 0 heterocycles. The molecule has 1 atom stereocenters. The Morgan fingerprint density at radius 3 is 2.40 bits per heavy atom. The lowest BCUT2D eigenvalue weighted by Gasteiger charge is -2.05. The van der Waals surface area contributed by atoms with E-state index in [0.717, 1.165) is 5.92 Å². The first-order chi connectivity index (χ1) is 4.31. The second-order valence-corrected chi connectivity index (χ2v) is 2.76. The summed E-state index contributed by atoms with van der Waals surface area (Å²) in [5.74, 6) is 0.896. The fraction of sp³-hybridized carbons (Fsp3) is 0.778. The van der Waals surface area contributed by atoms with Crippen LogP contribution in [0.5, 0.6) is 0 Å². The number of hydrogen-bond donors (Lipinski definition) is 1. The molecule has 0 radical (unpaired) electrons. The maximum absolute atomic E-state index is 3.69. The van der Waals surface area contributed by atoms with Gasteiger partial charge in [-0.3, -0.25) is 0 Å². The van der Waals surface area contributed by atoms with Gasteiger partial charge in [0.15, 0.2) is 0 Å². The molecule has 1 nitrogen and oxygen atoms in total. The van der Waals surface area contributed by atoms with Crippen molar-refractivity contribution in [1.82, 2.24) is 6.15 Å². The van der Waals surface area contributed by atoms with Crippen LogP contribution in [-0.2, 0) is 0 Å². The highest BCUT2D eigenvalue weighted by Crippen LogP contribution is 2.11. The van der Waals surface area contributed by atoms with Crippen LogP contribution >= 0.6 is 0 Å². The van der Waals surface area contributed by atoms with Crippen molar-refractivity contribution in [1.29, 1.82) is 0 Å². The van der Waals surface area contributed by atoms with E-state index in [1.807, 2.05) is 6.08 Å². The van der Waals surface area contributed by atoms with Gasteiger partial charge < -0.3 is 6.15 Å². The minimum absolute atomic E-state index is 0. The third-order valence-corrected chi connectivity index (χ3v) is 1.65. The fourth-order valence-electron chi connectivity index (χ4n) is 1.04. The summed E-state index contributed by atoms with van der Waals surface area (Å²) in [5.41, 5.74) is 0. The maximum atomic E-state index is 3.69. The molecule has 0 aliphatic heterocycles. The van der Waals surface area contributed by atoms with E-state index in [4.69, 9.17) is 0 Å². The summed E-state index contributed by atoms with van der Waals surface area (Å²) in [6.45, 7) is 8.25. The summed E-state index contributed by atoms with van der Waals surface area (Å²) in [6.07, 6.45) is 7.19. The van der Waals surface area contributed by atoms with Crippen molar-refractivity contribution >= 4 is 0 Å². The molecule has 0 bridgehead atoms. The molecule has 0 aromatic rings. The summed E-state index contributed by atoms with van der Waals surface area (Å²) in [6, 6.07) is 0. The van der Waals surface area contributed by atoms with Crippen LogP contribution < -0.4 is 6.15 Å². The first-order valence-corrected chi connectivity index (χ1v) is 3.92. The molecule has 1 heteroatoms. The zero-order chi connectivity index (χ0) is 7.11. The molecule has 3 N–H and O–H groups in total. The highest BCUT2D eigenvalue weighted by atomic mass is 14.0.